The van der Waals surface area contributed by atoms with E-state index in [4.69, 9.17) is 17.3 Å². The van der Waals surface area contributed by atoms with Gasteiger partial charge in [-0.3, -0.25) is 4.79 Å². The summed E-state index contributed by atoms with van der Waals surface area (Å²) in [6.45, 7) is 0. The Morgan fingerprint density at radius 3 is 2.86 bits per heavy atom. The maximum atomic E-state index is 11.7. The van der Waals surface area contributed by atoms with Gasteiger partial charge in [0.15, 0.2) is 0 Å². The molecular formula is C8H6ClN3OS. The van der Waals surface area contributed by atoms with Crippen molar-refractivity contribution in [2.24, 2.45) is 0 Å². The molecule has 2 N–H and O–H groups in total. The fourth-order valence-corrected chi connectivity index (χ4v) is 1.97. The number of hydrogen-bond acceptors (Lipinski definition) is 4. The number of hydrogen-bond donors (Lipinski definition) is 1. The van der Waals surface area contributed by atoms with Gasteiger partial charge in [0.25, 0.3) is 5.91 Å². The first-order chi connectivity index (χ1) is 6.66. The second-order valence-corrected chi connectivity index (χ2v) is 4.34. The van der Waals surface area contributed by atoms with E-state index in [0.29, 0.717) is 14.9 Å². The van der Waals surface area contributed by atoms with Crippen LogP contribution >= 0.6 is 22.9 Å². The van der Waals surface area contributed by atoms with E-state index >= 15 is 0 Å². The molecule has 0 aromatic carbocycles. The summed E-state index contributed by atoms with van der Waals surface area (Å²) >= 11 is 6.92. The summed E-state index contributed by atoms with van der Waals surface area (Å²) in [6.07, 6.45) is 2.89. The van der Waals surface area contributed by atoms with Crippen molar-refractivity contribution in [3.8, 4) is 0 Å². The van der Waals surface area contributed by atoms with E-state index in [1.54, 1.807) is 12.1 Å². The van der Waals surface area contributed by atoms with Crippen LogP contribution in [0.2, 0.25) is 4.34 Å². The summed E-state index contributed by atoms with van der Waals surface area (Å²) in [7, 11) is 0. The summed E-state index contributed by atoms with van der Waals surface area (Å²) in [4.78, 5) is 12.2. The fourth-order valence-electron chi connectivity index (χ4n) is 0.990. The molecule has 14 heavy (non-hydrogen) atoms. The highest BCUT2D eigenvalue weighted by Gasteiger charge is 2.11. The van der Waals surface area contributed by atoms with E-state index in [-0.39, 0.29) is 5.91 Å². The number of halogens is 1. The predicted octanol–water partition coefficient (Wildman–Crippen LogP) is 1.87. The van der Waals surface area contributed by atoms with E-state index in [0.717, 1.165) is 0 Å². The summed E-state index contributed by atoms with van der Waals surface area (Å²) in [6, 6.07) is 3.33. The topological polar surface area (TPSA) is 60.9 Å². The Balaban J connectivity index is 2.33. The van der Waals surface area contributed by atoms with Crippen molar-refractivity contribution >= 4 is 34.5 Å². The minimum absolute atomic E-state index is 0.224. The van der Waals surface area contributed by atoms with Crippen LogP contribution in [0.3, 0.4) is 0 Å². The second-order valence-electron chi connectivity index (χ2n) is 2.63. The summed E-state index contributed by atoms with van der Waals surface area (Å²) in [5, 5.41) is 3.81. The van der Waals surface area contributed by atoms with E-state index in [9.17, 15) is 4.79 Å². The molecule has 0 atom stereocenters. The number of carbonyl (C=O) groups excluding carboxylic acids is 1. The van der Waals surface area contributed by atoms with Crippen LogP contribution in [0, 0.1) is 0 Å². The summed E-state index contributed by atoms with van der Waals surface area (Å²) in [5.74, 6) is -0.224. The Labute approximate surface area is 88.9 Å². The molecule has 0 fully saturated rings. The van der Waals surface area contributed by atoms with Crippen LogP contribution in [0.25, 0.3) is 0 Å². The zero-order valence-electron chi connectivity index (χ0n) is 6.98. The van der Waals surface area contributed by atoms with Gasteiger partial charge in [-0.25, -0.2) is 4.68 Å². The molecule has 0 aliphatic heterocycles. The van der Waals surface area contributed by atoms with Gasteiger partial charge in [-0.1, -0.05) is 11.6 Å². The highest BCUT2D eigenvalue weighted by Crippen LogP contribution is 2.22. The average molecular weight is 228 g/mol. The summed E-state index contributed by atoms with van der Waals surface area (Å²) in [5.41, 5.74) is 5.90. The maximum Gasteiger partial charge on any atom is 0.288 e. The number of aromatic nitrogens is 2. The van der Waals surface area contributed by atoms with Crippen LogP contribution in [0.5, 0.6) is 0 Å². The van der Waals surface area contributed by atoms with Crippen LogP contribution in [-0.4, -0.2) is 15.7 Å². The second kappa shape index (κ2) is 3.43. The Bertz CT molecular complexity index is 434. The number of nitrogen functional groups attached to an aromatic ring is 1. The molecule has 0 radical (unpaired) electrons. The molecule has 2 aromatic heterocycles. The van der Waals surface area contributed by atoms with Gasteiger partial charge < -0.3 is 5.73 Å². The summed E-state index contributed by atoms with van der Waals surface area (Å²) < 4.78 is 1.77. The highest BCUT2D eigenvalue weighted by atomic mass is 35.5. The number of thiophene rings is 1. The lowest BCUT2D eigenvalue weighted by Crippen LogP contribution is -2.10. The first-order valence-electron chi connectivity index (χ1n) is 3.77. The van der Waals surface area contributed by atoms with Crippen molar-refractivity contribution in [3.63, 3.8) is 0 Å². The van der Waals surface area contributed by atoms with Crippen molar-refractivity contribution in [1.82, 2.24) is 9.78 Å². The molecule has 0 aliphatic carbocycles. The Morgan fingerprint density at radius 1 is 1.57 bits per heavy atom. The molecule has 2 aromatic rings. The maximum absolute atomic E-state index is 11.7. The third-order valence-electron chi connectivity index (χ3n) is 1.59. The molecule has 6 heteroatoms. The van der Waals surface area contributed by atoms with Crippen LogP contribution in [0.1, 0.15) is 9.67 Å². The van der Waals surface area contributed by atoms with Gasteiger partial charge in [-0.05, 0) is 12.1 Å². The zero-order valence-corrected chi connectivity index (χ0v) is 8.55. The largest absolute Gasteiger partial charge is 0.396 e. The van der Waals surface area contributed by atoms with Gasteiger partial charge in [0.05, 0.1) is 27.3 Å². The molecule has 0 saturated heterocycles. The predicted molar refractivity (Wildman–Crippen MR) is 55.7 cm³/mol. The van der Waals surface area contributed by atoms with Crippen LogP contribution in [0.4, 0.5) is 5.69 Å². The number of rotatable bonds is 1. The van der Waals surface area contributed by atoms with Crippen LogP contribution in [-0.2, 0) is 0 Å². The molecular weight excluding hydrogens is 222 g/mol. The quantitative estimate of drug-likeness (QED) is 0.809. The number of carbonyl (C=O) groups is 1. The van der Waals surface area contributed by atoms with Gasteiger partial charge in [0, 0.05) is 0 Å². The minimum atomic E-state index is -0.224. The molecule has 4 nitrogen and oxygen atoms in total. The van der Waals surface area contributed by atoms with Crippen LogP contribution in [0.15, 0.2) is 24.5 Å². The van der Waals surface area contributed by atoms with Gasteiger partial charge in [-0.2, -0.15) is 5.10 Å². The lowest BCUT2D eigenvalue weighted by Gasteiger charge is -1.94. The lowest BCUT2D eigenvalue weighted by molar-refractivity contribution is 0.0949. The van der Waals surface area contributed by atoms with Crippen LogP contribution < -0.4 is 5.73 Å². The molecule has 0 spiro atoms. The van der Waals surface area contributed by atoms with Crippen molar-refractivity contribution in [2.75, 3.05) is 5.73 Å². The molecule has 2 rings (SSSR count). The molecule has 2 heterocycles. The van der Waals surface area contributed by atoms with Gasteiger partial charge >= 0.3 is 0 Å². The molecule has 0 aliphatic rings. The Hall–Kier alpha value is -1.33. The molecule has 0 unspecified atom stereocenters. The third kappa shape index (κ3) is 1.64. The van der Waals surface area contributed by atoms with E-state index in [2.05, 4.69) is 5.10 Å². The smallest absolute Gasteiger partial charge is 0.288 e. The first kappa shape index (κ1) is 9.23. The standard InChI is InChI=1S/C8H6ClN3OS/c9-7-2-1-6(14-7)8(13)12-4-5(10)3-11-12/h1-4H,10H2. The Morgan fingerprint density at radius 2 is 2.36 bits per heavy atom. The number of anilines is 1. The molecule has 0 saturated carbocycles. The molecule has 0 bridgehead atoms. The van der Waals surface area contributed by atoms with Crippen molar-refractivity contribution < 1.29 is 4.79 Å². The van der Waals surface area contributed by atoms with Crippen molar-refractivity contribution in [3.05, 3.63) is 33.7 Å². The molecule has 72 valence electrons. The van der Waals surface area contributed by atoms with Gasteiger partial charge in [-0.15, -0.1) is 11.3 Å². The number of nitrogens with zero attached hydrogens (tertiary/aromatic N) is 2. The SMILES string of the molecule is Nc1cnn(C(=O)c2ccc(Cl)s2)c1. The lowest BCUT2D eigenvalue weighted by atomic mass is 10.4. The minimum Gasteiger partial charge on any atom is -0.396 e. The van der Waals surface area contributed by atoms with E-state index < -0.39 is 0 Å². The Kier molecular flexibility index (Phi) is 2.26. The third-order valence-corrected chi connectivity index (χ3v) is 2.81. The fraction of sp³-hybridized carbons (Fsp3) is 0. The zero-order chi connectivity index (χ0) is 10.1. The average Bonchev–Trinajstić information content (AvgIpc) is 2.73. The van der Waals surface area contributed by atoms with Crippen molar-refractivity contribution in [1.29, 1.82) is 0 Å². The first-order valence-corrected chi connectivity index (χ1v) is 4.96. The highest BCUT2D eigenvalue weighted by molar-refractivity contribution is 7.18. The van der Waals surface area contributed by atoms with E-state index in [1.165, 1.54) is 28.4 Å². The van der Waals surface area contributed by atoms with Crippen molar-refractivity contribution in [2.45, 2.75) is 0 Å². The van der Waals surface area contributed by atoms with Gasteiger partial charge in [0.1, 0.15) is 0 Å². The van der Waals surface area contributed by atoms with Gasteiger partial charge in [0.2, 0.25) is 0 Å². The van der Waals surface area contributed by atoms with E-state index in [1.807, 2.05) is 0 Å². The normalized spacial score (nSPS) is 10.4. The monoisotopic (exact) mass is 227 g/mol. The molecule has 0 amide bonds. The number of nitrogens with two attached hydrogens (primary N) is 1.